The first-order valence-corrected chi connectivity index (χ1v) is 3.87. The van der Waals surface area contributed by atoms with E-state index in [1.807, 2.05) is 0 Å². The SMILES string of the molecule is COc1n[n+]([O-])c([N+](=O)[O-])c(C)c1[N+](=O)[O-]. The average Bonchev–Trinajstić information content (AvgIpc) is 2.14. The molecule has 0 saturated carbocycles. The summed E-state index contributed by atoms with van der Waals surface area (Å²) in [6.45, 7) is 1.08. The van der Waals surface area contributed by atoms with Crippen molar-refractivity contribution in [3.63, 3.8) is 0 Å². The highest BCUT2D eigenvalue weighted by Crippen LogP contribution is 2.30. The van der Waals surface area contributed by atoms with Crippen LogP contribution in [-0.4, -0.2) is 22.1 Å². The monoisotopic (exact) mass is 230 g/mol. The van der Waals surface area contributed by atoms with E-state index in [1.54, 1.807) is 0 Å². The summed E-state index contributed by atoms with van der Waals surface area (Å²) >= 11 is 0. The van der Waals surface area contributed by atoms with E-state index < -0.39 is 32.8 Å². The van der Waals surface area contributed by atoms with Gasteiger partial charge in [0.25, 0.3) is 0 Å². The molecule has 0 saturated heterocycles. The van der Waals surface area contributed by atoms with Crippen LogP contribution in [0.4, 0.5) is 11.5 Å². The maximum atomic E-state index is 11.1. The summed E-state index contributed by atoms with van der Waals surface area (Å²) in [7, 11) is 1.07. The normalized spacial score (nSPS) is 9.88. The van der Waals surface area contributed by atoms with Crippen LogP contribution in [0.1, 0.15) is 5.56 Å². The van der Waals surface area contributed by atoms with Gasteiger partial charge < -0.3 is 9.94 Å². The van der Waals surface area contributed by atoms with E-state index in [0.29, 0.717) is 0 Å². The zero-order valence-corrected chi connectivity index (χ0v) is 8.24. The second-order valence-corrected chi connectivity index (χ2v) is 2.69. The van der Waals surface area contributed by atoms with Crippen LogP contribution in [-0.2, 0) is 0 Å². The summed E-state index contributed by atoms with van der Waals surface area (Å²) in [6.07, 6.45) is 0. The largest absolute Gasteiger partial charge is 0.589 e. The summed E-state index contributed by atoms with van der Waals surface area (Å²) in [6, 6.07) is 0. The van der Waals surface area contributed by atoms with Crippen LogP contribution in [0.15, 0.2) is 0 Å². The lowest BCUT2D eigenvalue weighted by atomic mass is 10.2. The Morgan fingerprint density at radius 1 is 1.31 bits per heavy atom. The van der Waals surface area contributed by atoms with E-state index in [4.69, 9.17) is 0 Å². The molecule has 1 heterocycles. The molecule has 1 aromatic rings. The maximum absolute atomic E-state index is 11.1. The van der Waals surface area contributed by atoms with Gasteiger partial charge in [-0.15, -0.1) is 0 Å². The molecule has 0 aromatic carbocycles. The highest BCUT2D eigenvalue weighted by molar-refractivity contribution is 5.51. The van der Waals surface area contributed by atoms with Gasteiger partial charge in [0, 0.05) is 4.85 Å². The van der Waals surface area contributed by atoms with Crippen LogP contribution < -0.4 is 9.58 Å². The molecule has 0 fully saturated rings. The van der Waals surface area contributed by atoms with Gasteiger partial charge in [-0.3, -0.25) is 20.2 Å². The predicted molar refractivity (Wildman–Crippen MR) is 47.8 cm³/mol. The van der Waals surface area contributed by atoms with Crippen molar-refractivity contribution in [3.05, 3.63) is 31.0 Å². The van der Waals surface area contributed by atoms with E-state index in [-0.39, 0.29) is 4.85 Å². The Morgan fingerprint density at radius 2 is 1.88 bits per heavy atom. The Kier molecular flexibility index (Phi) is 2.83. The van der Waals surface area contributed by atoms with Crippen LogP contribution >= 0.6 is 0 Å². The number of hydrogen-bond acceptors (Lipinski definition) is 7. The minimum absolute atomic E-state index is 0.318. The van der Waals surface area contributed by atoms with Gasteiger partial charge in [0.05, 0.1) is 17.1 Å². The third kappa shape index (κ3) is 1.67. The minimum Gasteiger partial charge on any atom is -0.589 e. The lowest BCUT2D eigenvalue weighted by Crippen LogP contribution is -2.36. The Bertz CT molecular complexity index is 473. The Morgan fingerprint density at radius 3 is 2.25 bits per heavy atom. The van der Waals surface area contributed by atoms with Crippen LogP contribution in [0.25, 0.3) is 0 Å². The smallest absolute Gasteiger partial charge is 0.548 e. The molecule has 0 aliphatic rings. The van der Waals surface area contributed by atoms with Gasteiger partial charge in [-0.25, -0.2) is 0 Å². The molecule has 0 aliphatic heterocycles. The van der Waals surface area contributed by atoms with E-state index >= 15 is 0 Å². The topological polar surface area (TPSA) is 135 Å². The molecule has 0 aliphatic carbocycles. The first-order chi connectivity index (χ1) is 7.40. The summed E-state index contributed by atoms with van der Waals surface area (Å²) in [5, 5.41) is 35.3. The summed E-state index contributed by atoms with van der Waals surface area (Å²) < 4.78 is 4.51. The second kappa shape index (κ2) is 3.92. The number of aromatic nitrogens is 2. The highest BCUT2D eigenvalue weighted by atomic mass is 16.6. The first-order valence-electron chi connectivity index (χ1n) is 3.87. The molecule has 1 rings (SSSR count). The van der Waals surface area contributed by atoms with Gasteiger partial charge in [0.1, 0.15) is 4.92 Å². The van der Waals surface area contributed by atoms with Gasteiger partial charge in [0.15, 0.2) is 5.56 Å². The van der Waals surface area contributed by atoms with Crippen LogP contribution in [0.2, 0.25) is 0 Å². The van der Waals surface area contributed by atoms with E-state index in [0.717, 1.165) is 14.0 Å². The second-order valence-electron chi connectivity index (χ2n) is 2.69. The molecule has 10 heteroatoms. The molecule has 86 valence electrons. The summed E-state index contributed by atoms with van der Waals surface area (Å²) in [5.74, 6) is -1.56. The molecule has 0 N–H and O–H groups in total. The number of methoxy groups -OCH3 is 1. The Balaban J connectivity index is 3.65. The van der Waals surface area contributed by atoms with Crippen molar-refractivity contribution in [2.45, 2.75) is 6.92 Å². The molecular formula is C6H6N4O6. The fourth-order valence-corrected chi connectivity index (χ4v) is 1.15. The molecule has 0 bridgehead atoms. The average molecular weight is 230 g/mol. The molecule has 1 aromatic heterocycles. The number of nitro groups is 2. The van der Waals surface area contributed by atoms with Crippen molar-refractivity contribution in [3.8, 4) is 5.88 Å². The predicted octanol–water partition coefficient (Wildman–Crippen LogP) is -0.152. The molecule has 0 amide bonds. The number of rotatable bonds is 3. The molecule has 0 unspecified atom stereocenters. The van der Waals surface area contributed by atoms with Gasteiger partial charge >= 0.3 is 17.4 Å². The molecule has 0 radical (unpaired) electrons. The standard InChI is InChI=1S/C6H6N4O6/c1-3-4(9(12)13)5(16-2)7-8(11)6(3)10(14)15/h1-2H3. The van der Waals surface area contributed by atoms with Gasteiger partial charge in [-0.1, -0.05) is 0 Å². The third-order valence-electron chi connectivity index (χ3n) is 1.80. The molecule has 10 nitrogen and oxygen atoms in total. The van der Waals surface area contributed by atoms with E-state index in [9.17, 15) is 25.4 Å². The van der Waals surface area contributed by atoms with Crippen molar-refractivity contribution in [1.82, 2.24) is 5.10 Å². The van der Waals surface area contributed by atoms with Crippen molar-refractivity contribution >= 4 is 11.5 Å². The molecule has 0 atom stereocenters. The van der Waals surface area contributed by atoms with Crippen LogP contribution in [0.3, 0.4) is 0 Å². The fraction of sp³-hybridized carbons (Fsp3) is 0.333. The van der Waals surface area contributed by atoms with Gasteiger partial charge in [-0.2, -0.15) is 0 Å². The van der Waals surface area contributed by atoms with Crippen LogP contribution in [0.5, 0.6) is 5.88 Å². The highest BCUT2D eigenvalue weighted by Gasteiger charge is 2.37. The van der Waals surface area contributed by atoms with Crippen molar-refractivity contribution < 1.29 is 19.4 Å². The minimum atomic E-state index is -1.04. The first kappa shape index (κ1) is 11.6. The maximum Gasteiger partial charge on any atom is 0.548 e. The summed E-state index contributed by atoms with van der Waals surface area (Å²) in [4.78, 5) is 18.9. The number of ether oxygens (including phenoxy) is 1. The van der Waals surface area contributed by atoms with E-state index in [1.165, 1.54) is 0 Å². The molecule has 0 spiro atoms. The van der Waals surface area contributed by atoms with Gasteiger partial charge in [0.2, 0.25) is 0 Å². The Hall–Kier alpha value is -2.52. The van der Waals surface area contributed by atoms with Crippen molar-refractivity contribution in [1.29, 1.82) is 0 Å². The van der Waals surface area contributed by atoms with Crippen molar-refractivity contribution in [2.75, 3.05) is 7.11 Å². The fourth-order valence-electron chi connectivity index (χ4n) is 1.15. The number of hydrogen-bond donors (Lipinski definition) is 0. The summed E-state index contributed by atoms with van der Waals surface area (Å²) in [5.41, 5.74) is -1.10. The van der Waals surface area contributed by atoms with Crippen molar-refractivity contribution in [2.24, 2.45) is 0 Å². The zero-order valence-electron chi connectivity index (χ0n) is 8.24. The van der Waals surface area contributed by atoms with Gasteiger partial charge in [-0.05, 0) is 6.92 Å². The lowest BCUT2D eigenvalue weighted by molar-refractivity contribution is -0.715. The zero-order chi connectivity index (χ0) is 12.5. The molecular weight excluding hydrogens is 224 g/mol. The molecule has 16 heavy (non-hydrogen) atoms. The quantitative estimate of drug-likeness (QED) is 0.304. The number of nitrogens with zero attached hydrogens (tertiary/aromatic N) is 4. The Labute approximate surface area is 87.9 Å². The van der Waals surface area contributed by atoms with Crippen LogP contribution in [0, 0.1) is 32.4 Å². The van der Waals surface area contributed by atoms with E-state index in [2.05, 4.69) is 9.84 Å². The lowest BCUT2D eigenvalue weighted by Gasteiger charge is -2.02. The third-order valence-corrected chi connectivity index (χ3v) is 1.80.